The Balaban J connectivity index is 2.20. The molecule has 0 spiro atoms. The first kappa shape index (κ1) is 14.0. The highest BCUT2D eigenvalue weighted by molar-refractivity contribution is 6.31. The maximum absolute atomic E-state index is 13.7. The molecule has 1 atom stereocenters. The third kappa shape index (κ3) is 3.11. The second kappa shape index (κ2) is 6.12. The minimum atomic E-state index is -0.362. The van der Waals surface area contributed by atoms with E-state index in [2.05, 4.69) is 15.5 Å². The van der Waals surface area contributed by atoms with Gasteiger partial charge in [-0.25, -0.2) is 4.39 Å². The van der Waals surface area contributed by atoms with Gasteiger partial charge in [-0.1, -0.05) is 29.7 Å². The van der Waals surface area contributed by atoms with E-state index in [0.717, 1.165) is 6.42 Å². The van der Waals surface area contributed by atoms with Crippen molar-refractivity contribution in [3.8, 4) is 0 Å². The average molecular weight is 284 g/mol. The van der Waals surface area contributed by atoms with Gasteiger partial charge in [-0.3, -0.25) is 0 Å². The Morgan fingerprint density at radius 1 is 1.47 bits per heavy atom. The summed E-state index contributed by atoms with van der Waals surface area (Å²) in [6.45, 7) is 2.01. The number of aromatic nitrogens is 2. The number of nitrogens with zero attached hydrogens (tertiary/aromatic N) is 2. The molecular weight excluding hydrogens is 269 g/mol. The highest BCUT2D eigenvalue weighted by Gasteiger charge is 2.17. The number of benzene rings is 1. The van der Waals surface area contributed by atoms with Gasteiger partial charge in [0.05, 0.1) is 6.04 Å². The molecule has 1 aromatic heterocycles. The van der Waals surface area contributed by atoms with Crippen molar-refractivity contribution in [2.45, 2.75) is 25.8 Å². The third-order valence-electron chi connectivity index (χ3n) is 2.94. The molecular formula is C13H15ClFN3O. The molecule has 102 valence electrons. The Labute approximate surface area is 116 Å². The highest BCUT2D eigenvalue weighted by Crippen LogP contribution is 2.22. The molecule has 2 aromatic rings. The van der Waals surface area contributed by atoms with Crippen LogP contribution < -0.4 is 5.32 Å². The monoisotopic (exact) mass is 283 g/mol. The predicted molar refractivity (Wildman–Crippen MR) is 70.6 cm³/mol. The molecule has 1 heterocycles. The minimum absolute atomic E-state index is 0.0114. The third-order valence-corrected chi connectivity index (χ3v) is 3.29. The quantitative estimate of drug-likeness (QED) is 0.916. The van der Waals surface area contributed by atoms with Crippen LogP contribution in [-0.4, -0.2) is 17.2 Å². The SMILES string of the molecule is CCC(NC)c1nc(Cc2c(F)cccc2Cl)no1. The molecule has 1 aromatic carbocycles. The zero-order valence-electron chi connectivity index (χ0n) is 10.8. The number of hydrogen-bond donors (Lipinski definition) is 1. The maximum Gasteiger partial charge on any atom is 0.243 e. The summed E-state index contributed by atoms with van der Waals surface area (Å²) in [6.07, 6.45) is 1.05. The van der Waals surface area contributed by atoms with E-state index < -0.39 is 0 Å². The smallest absolute Gasteiger partial charge is 0.243 e. The van der Waals surface area contributed by atoms with Crippen LogP contribution >= 0.6 is 11.6 Å². The Kier molecular flexibility index (Phi) is 4.50. The van der Waals surface area contributed by atoms with Gasteiger partial charge < -0.3 is 9.84 Å². The normalized spacial score (nSPS) is 12.6. The van der Waals surface area contributed by atoms with Gasteiger partial charge >= 0.3 is 0 Å². The molecule has 1 N–H and O–H groups in total. The van der Waals surface area contributed by atoms with Crippen molar-refractivity contribution in [3.63, 3.8) is 0 Å². The zero-order chi connectivity index (χ0) is 13.8. The first-order valence-corrected chi connectivity index (χ1v) is 6.46. The first-order valence-electron chi connectivity index (χ1n) is 6.08. The lowest BCUT2D eigenvalue weighted by molar-refractivity contribution is 0.331. The molecule has 2 rings (SSSR count). The van der Waals surface area contributed by atoms with Crippen molar-refractivity contribution in [1.82, 2.24) is 15.5 Å². The summed E-state index contributed by atoms with van der Waals surface area (Å²) in [5.41, 5.74) is 0.383. The van der Waals surface area contributed by atoms with Gasteiger partial charge in [-0.2, -0.15) is 4.98 Å². The van der Waals surface area contributed by atoms with Crippen LogP contribution in [0.25, 0.3) is 0 Å². The summed E-state index contributed by atoms with van der Waals surface area (Å²) in [5, 5.41) is 7.30. The molecule has 0 saturated carbocycles. The maximum atomic E-state index is 13.7. The topological polar surface area (TPSA) is 51.0 Å². The first-order chi connectivity index (χ1) is 9.15. The molecule has 0 bridgehead atoms. The molecule has 0 radical (unpaired) electrons. The average Bonchev–Trinajstić information content (AvgIpc) is 2.84. The van der Waals surface area contributed by atoms with Crippen LogP contribution in [0.1, 0.15) is 36.7 Å². The van der Waals surface area contributed by atoms with Gasteiger partial charge in [-0.05, 0) is 25.6 Å². The Morgan fingerprint density at radius 3 is 2.89 bits per heavy atom. The van der Waals surface area contributed by atoms with Gasteiger partial charge in [0.15, 0.2) is 5.82 Å². The Hall–Kier alpha value is -1.46. The fourth-order valence-electron chi connectivity index (χ4n) is 1.84. The van der Waals surface area contributed by atoms with Crippen LogP contribution in [0.4, 0.5) is 4.39 Å². The molecule has 0 aliphatic heterocycles. The molecule has 19 heavy (non-hydrogen) atoms. The largest absolute Gasteiger partial charge is 0.338 e. The lowest BCUT2D eigenvalue weighted by Crippen LogP contribution is -2.15. The zero-order valence-corrected chi connectivity index (χ0v) is 11.5. The lowest BCUT2D eigenvalue weighted by Gasteiger charge is -2.06. The Bertz CT molecular complexity index is 534. The van der Waals surface area contributed by atoms with E-state index in [0.29, 0.717) is 22.3 Å². The van der Waals surface area contributed by atoms with E-state index in [9.17, 15) is 4.39 Å². The minimum Gasteiger partial charge on any atom is -0.338 e. The number of halogens is 2. The van der Waals surface area contributed by atoms with Crippen molar-refractivity contribution in [2.24, 2.45) is 0 Å². The standard InChI is InChI=1S/C13H15ClFN3O/c1-3-11(16-2)13-17-12(18-19-13)7-8-9(14)5-4-6-10(8)15/h4-6,11,16H,3,7H2,1-2H3. The van der Waals surface area contributed by atoms with Crippen molar-refractivity contribution < 1.29 is 8.91 Å². The van der Waals surface area contributed by atoms with E-state index in [1.807, 2.05) is 14.0 Å². The van der Waals surface area contributed by atoms with Gasteiger partial charge in [-0.15, -0.1) is 0 Å². The van der Waals surface area contributed by atoms with Crippen LogP contribution in [0.5, 0.6) is 0 Å². The molecule has 0 aliphatic carbocycles. The molecule has 0 aliphatic rings. The van der Waals surface area contributed by atoms with Crippen LogP contribution in [0.2, 0.25) is 5.02 Å². The number of hydrogen-bond acceptors (Lipinski definition) is 4. The van der Waals surface area contributed by atoms with Crippen molar-refractivity contribution in [1.29, 1.82) is 0 Å². The molecule has 6 heteroatoms. The van der Waals surface area contributed by atoms with Crippen LogP contribution in [0.3, 0.4) is 0 Å². The van der Waals surface area contributed by atoms with E-state index in [1.54, 1.807) is 12.1 Å². The lowest BCUT2D eigenvalue weighted by atomic mass is 10.1. The van der Waals surface area contributed by atoms with Crippen LogP contribution in [0, 0.1) is 5.82 Å². The van der Waals surface area contributed by atoms with Crippen molar-refractivity contribution >= 4 is 11.6 Å². The Morgan fingerprint density at radius 2 is 2.26 bits per heavy atom. The number of nitrogens with one attached hydrogen (secondary N) is 1. The second-order valence-corrected chi connectivity index (χ2v) is 4.58. The summed E-state index contributed by atoms with van der Waals surface area (Å²) in [5.74, 6) is 0.572. The summed E-state index contributed by atoms with van der Waals surface area (Å²) in [6, 6.07) is 4.59. The highest BCUT2D eigenvalue weighted by atomic mass is 35.5. The fraction of sp³-hybridized carbons (Fsp3) is 0.385. The van der Waals surface area contributed by atoms with E-state index in [-0.39, 0.29) is 18.3 Å². The molecule has 4 nitrogen and oxygen atoms in total. The fourth-order valence-corrected chi connectivity index (χ4v) is 2.07. The second-order valence-electron chi connectivity index (χ2n) is 4.18. The molecule has 0 saturated heterocycles. The van der Waals surface area contributed by atoms with E-state index in [1.165, 1.54) is 6.07 Å². The number of rotatable bonds is 5. The summed E-state index contributed by atoms with van der Waals surface area (Å²) in [4.78, 5) is 4.26. The molecule has 1 unspecified atom stereocenters. The molecule has 0 fully saturated rings. The van der Waals surface area contributed by atoms with Gasteiger partial charge in [0.2, 0.25) is 5.89 Å². The summed E-state index contributed by atoms with van der Waals surface area (Å²) in [7, 11) is 1.83. The van der Waals surface area contributed by atoms with Gasteiger partial charge in [0, 0.05) is 17.0 Å². The summed E-state index contributed by atoms with van der Waals surface area (Å²) >= 11 is 5.96. The van der Waals surface area contributed by atoms with Crippen LogP contribution in [0.15, 0.2) is 22.7 Å². The van der Waals surface area contributed by atoms with E-state index in [4.69, 9.17) is 16.1 Å². The van der Waals surface area contributed by atoms with Gasteiger partial charge in [0.1, 0.15) is 5.82 Å². The molecule has 0 amide bonds. The van der Waals surface area contributed by atoms with E-state index >= 15 is 0 Å². The summed E-state index contributed by atoms with van der Waals surface area (Å²) < 4.78 is 18.8. The van der Waals surface area contributed by atoms with Gasteiger partial charge in [0.25, 0.3) is 0 Å². The van der Waals surface area contributed by atoms with Crippen molar-refractivity contribution in [3.05, 3.63) is 46.3 Å². The van der Waals surface area contributed by atoms with Crippen molar-refractivity contribution in [2.75, 3.05) is 7.05 Å². The van der Waals surface area contributed by atoms with Crippen LogP contribution in [-0.2, 0) is 6.42 Å². The predicted octanol–water partition coefficient (Wildman–Crippen LogP) is 3.12.